The zero-order valence-electron chi connectivity index (χ0n) is 16.9. The van der Waals surface area contributed by atoms with Gasteiger partial charge in [-0.25, -0.2) is 9.79 Å². The SMILES string of the molecule is C=CCOc1c(I)cc(/C=C2\N=C(c3cccc([N+](=O)[O-])c3C)OC2=O)cc1OCC. The Labute approximate surface area is 192 Å². The van der Waals surface area contributed by atoms with Gasteiger partial charge in [-0.15, -0.1) is 0 Å². The van der Waals surface area contributed by atoms with E-state index in [9.17, 15) is 14.9 Å². The normalized spacial score (nSPS) is 14.2. The second-order valence-electron chi connectivity index (χ2n) is 6.41. The van der Waals surface area contributed by atoms with E-state index in [1.54, 1.807) is 31.2 Å². The number of halogens is 1. The molecule has 0 aromatic heterocycles. The third-order valence-electron chi connectivity index (χ3n) is 4.33. The smallest absolute Gasteiger partial charge is 0.363 e. The van der Waals surface area contributed by atoms with Crippen LogP contribution in [0.1, 0.15) is 23.6 Å². The highest BCUT2D eigenvalue weighted by Crippen LogP contribution is 2.35. The van der Waals surface area contributed by atoms with Gasteiger partial charge in [0, 0.05) is 17.2 Å². The van der Waals surface area contributed by atoms with Gasteiger partial charge in [-0.1, -0.05) is 18.7 Å². The van der Waals surface area contributed by atoms with Crippen LogP contribution in [0.15, 0.2) is 53.7 Å². The Hall–Kier alpha value is -3.21. The maximum absolute atomic E-state index is 12.4. The third-order valence-corrected chi connectivity index (χ3v) is 5.13. The van der Waals surface area contributed by atoms with Gasteiger partial charge in [0.25, 0.3) is 5.69 Å². The van der Waals surface area contributed by atoms with E-state index in [1.165, 1.54) is 12.1 Å². The Bertz CT molecular complexity index is 1120. The first-order chi connectivity index (χ1) is 14.8. The molecule has 1 heterocycles. The van der Waals surface area contributed by atoms with Crippen LogP contribution in [0, 0.1) is 20.6 Å². The highest BCUT2D eigenvalue weighted by atomic mass is 127. The van der Waals surface area contributed by atoms with Crippen LogP contribution in [0.3, 0.4) is 0 Å². The van der Waals surface area contributed by atoms with Crippen molar-refractivity contribution in [1.29, 1.82) is 0 Å². The van der Waals surface area contributed by atoms with Crippen LogP contribution in [0.25, 0.3) is 6.08 Å². The first-order valence-electron chi connectivity index (χ1n) is 9.32. The number of nitro groups is 1. The molecule has 0 N–H and O–H groups in total. The van der Waals surface area contributed by atoms with Crippen LogP contribution >= 0.6 is 22.6 Å². The van der Waals surface area contributed by atoms with Crippen LogP contribution in [0.5, 0.6) is 11.5 Å². The second kappa shape index (κ2) is 9.73. The molecule has 0 spiro atoms. The Balaban J connectivity index is 2.00. The van der Waals surface area contributed by atoms with Gasteiger partial charge in [-0.05, 0) is 66.3 Å². The maximum atomic E-state index is 12.4. The molecule has 0 unspecified atom stereocenters. The van der Waals surface area contributed by atoms with Crippen LogP contribution < -0.4 is 9.47 Å². The summed E-state index contributed by atoms with van der Waals surface area (Å²) in [6.07, 6.45) is 3.21. The largest absolute Gasteiger partial charge is 0.490 e. The minimum Gasteiger partial charge on any atom is -0.490 e. The molecule has 160 valence electrons. The molecule has 2 aromatic rings. The van der Waals surface area contributed by atoms with Crippen LogP contribution in [-0.2, 0) is 9.53 Å². The van der Waals surface area contributed by atoms with Gasteiger partial charge in [-0.2, -0.15) is 0 Å². The second-order valence-corrected chi connectivity index (χ2v) is 7.57. The van der Waals surface area contributed by atoms with E-state index in [2.05, 4.69) is 34.2 Å². The molecule has 3 rings (SSSR count). The summed E-state index contributed by atoms with van der Waals surface area (Å²) in [6.45, 7) is 7.87. The van der Waals surface area contributed by atoms with E-state index in [4.69, 9.17) is 14.2 Å². The third kappa shape index (κ3) is 4.93. The fourth-order valence-electron chi connectivity index (χ4n) is 2.95. The molecule has 1 aliphatic heterocycles. The van der Waals surface area contributed by atoms with Crippen LogP contribution in [0.2, 0.25) is 0 Å². The molecule has 0 aliphatic carbocycles. The molecule has 0 radical (unpaired) electrons. The van der Waals surface area contributed by atoms with Gasteiger partial charge in [0.2, 0.25) is 5.90 Å². The van der Waals surface area contributed by atoms with E-state index in [0.717, 1.165) is 3.57 Å². The Morgan fingerprint density at radius 1 is 1.32 bits per heavy atom. The molecule has 31 heavy (non-hydrogen) atoms. The minimum atomic E-state index is -0.638. The summed E-state index contributed by atoms with van der Waals surface area (Å²) in [5.74, 6) is 0.520. The molecular formula is C22H19IN2O6. The van der Waals surface area contributed by atoms with Crippen molar-refractivity contribution in [3.05, 3.63) is 79.1 Å². The number of carbonyl (C=O) groups is 1. The average molecular weight is 534 g/mol. The predicted molar refractivity (Wildman–Crippen MR) is 124 cm³/mol. The summed E-state index contributed by atoms with van der Waals surface area (Å²) in [5.41, 5.74) is 1.45. The Kier molecular flexibility index (Phi) is 7.06. The van der Waals surface area contributed by atoms with Gasteiger partial charge < -0.3 is 14.2 Å². The molecular weight excluding hydrogens is 515 g/mol. The molecule has 8 nitrogen and oxygen atoms in total. The van der Waals surface area contributed by atoms with E-state index >= 15 is 0 Å². The molecule has 0 amide bonds. The zero-order valence-corrected chi connectivity index (χ0v) is 19.0. The zero-order chi connectivity index (χ0) is 22.5. The van der Waals surface area contributed by atoms with Gasteiger partial charge >= 0.3 is 5.97 Å². The van der Waals surface area contributed by atoms with Crippen molar-refractivity contribution in [3.63, 3.8) is 0 Å². The quantitative estimate of drug-likeness (QED) is 0.120. The Morgan fingerprint density at radius 2 is 2.10 bits per heavy atom. The monoisotopic (exact) mass is 534 g/mol. The van der Waals surface area contributed by atoms with Crippen molar-refractivity contribution in [2.45, 2.75) is 13.8 Å². The summed E-state index contributed by atoms with van der Waals surface area (Å²) in [4.78, 5) is 27.4. The number of nitrogens with zero attached hydrogens (tertiary/aromatic N) is 2. The Morgan fingerprint density at radius 3 is 2.77 bits per heavy atom. The molecule has 0 atom stereocenters. The standard InChI is InChI=1S/C22H19IN2O6/c1-4-9-30-20-16(23)10-14(12-19(20)29-5-2)11-17-22(26)31-21(24-17)15-7-6-8-18(13(15)3)25(27)28/h4,6-8,10-12H,1,5,9H2,2-3H3/b17-11-. The topological polar surface area (TPSA) is 100 Å². The van der Waals surface area contributed by atoms with Crippen LogP contribution in [0.4, 0.5) is 5.69 Å². The molecule has 0 fully saturated rings. The number of benzene rings is 2. The lowest BCUT2D eigenvalue weighted by Gasteiger charge is -2.13. The number of carbonyl (C=O) groups excluding carboxylic acids is 1. The van der Waals surface area contributed by atoms with Gasteiger partial charge in [0.15, 0.2) is 17.2 Å². The summed E-state index contributed by atoms with van der Waals surface area (Å²) < 4.78 is 17.4. The number of nitro benzene ring substituents is 1. The summed E-state index contributed by atoms with van der Waals surface area (Å²) in [5, 5.41) is 11.2. The first kappa shape index (κ1) is 22.5. The molecule has 9 heteroatoms. The highest BCUT2D eigenvalue weighted by molar-refractivity contribution is 14.1. The highest BCUT2D eigenvalue weighted by Gasteiger charge is 2.27. The van der Waals surface area contributed by atoms with Gasteiger partial charge in [0.1, 0.15) is 6.61 Å². The molecule has 0 saturated carbocycles. The van der Waals surface area contributed by atoms with Crippen LogP contribution in [-0.4, -0.2) is 30.0 Å². The molecule has 1 aliphatic rings. The average Bonchev–Trinajstić information content (AvgIpc) is 3.07. The lowest BCUT2D eigenvalue weighted by atomic mass is 10.1. The molecule has 0 bridgehead atoms. The number of cyclic esters (lactones) is 1. The fourth-order valence-corrected chi connectivity index (χ4v) is 3.73. The number of hydrogen-bond acceptors (Lipinski definition) is 7. The van der Waals surface area contributed by atoms with E-state index in [0.29, 0.717) is 41.4 Å². The minimum absolute atomic E-state index is 0.0307. The van der Waals surface area contributed by atoms with Crippen molar-refractivity contribution < 1.29 is 23.9 Å². The number of rotatable bonds is 8. The van der Waals surface area contributed by atoms with Gasteiger partial charge in [-0.3, -0.25) is 10.1 Å². The van der Waals surface area contributed by atoms with Crippen molar-refractivity contribution in [3.8, 4) is 11.5 Å². The van der Waals surface area contributed by atoms with E-state index < -0.39 is 10.9 Å². The number of hydrogen-bond donors (Lipinski definition) is 0. The van der Waals surface area contributed by atoms with Crippen molar-refractivity contribution >= 4 is 46.2 Å². The van der Waals surface area contributed by atoms with E-state index in [1.807, 2.05) is 13.0 Å². The van der Waals surface area contributed by atoms with E-state index in [-0.39, 0.29) is 17.3 Å². The lowest BCUT2D eigenvalue weighted by molar-refractivity contribution is -0.385. The summed E-state index contributed by atoms with van der Waals surface area (Å²) >= 11 is 2.13. The fraction of sp³-hybridized carbons (Fsp3) is 0.182. The van der Waals surface area contributed by atoms with Crippen molar-refractivity contribution in [2.75, 3.05) is 13.2 Å². The predicted octanol–water partition coefficient (Wildman–Crippen LogP) is 4.82. The lowest BCUT2D eigenvalue weighted by Crippen LogP contribution is -2.08. The molecule has 0 saturated heterocycles. The van der Waals surface area contributed by atoms with Crippen molar-refractivity contribution in [1.82, 2.24) is 0 Å². The van der Waals surface area contributed by atoms with Gasteiger partial charge in [0.05, 0.1) is 15.1 Å². The number of ether oxygens (including phenoxy) is 3. The van der Waals surface area contributed by atoms with Crippen molar-refractivity contribution in [2.24, 2.45) is 4.99 Å². The summed E-state index contributed by atoms with van der Waals surface area (Å²) in [6, 6.07) is 8.11. The number of aliphatic imine (C=N–C) groups is 1. The number of esters is 1. The first-order valence-corrected chi connectivity index (χ1v) is 10.4. The molecule has 2 aromatic carbocycles. The maximum Gasteiger partial charge on any atom is 0.363 e. The summed E-state index contributed by atoms with van der Waals surface area (Å²) in [7, 11) is 0.